The molecule has 1 aromatic heterocycles. The normalized spacial score (nSPS) is 12.4. The van der Waals surface area contributed by atoms with Gasteiger partial charge in [0.05, 0.1) is 6.54 Å². The van der Waals surface area contributed by atoms with Crippen LogP contribution in [0.15, 0.2) is 84.0 Å². The molecule has 3 rings (SSSR count). The van der Waals surface area contributed by atoms with E-state index in [0.29, 0.717) is 5.69 Å². The van der Waals surface area contributed by atoms with Crippen LogP contribution in [0.2, 0.25) is 0 Å². The van der Waals surface area contributed by atoms with E-state index in [2.05, 4.69) is 34.7 Å². The van der Waals surface area contributed by atoms with E-state index in [-0.39, 0.29) is 17.5 Å². The summed E-state index contributed by atoms with van der Waals surface area (Å²) in [7, 11) is -2.41. The van der Waals surface area contributed by atoms with Crippen LogP contribution in [-0.4, -0.2) is 37.2 Å². The third kappa shape index (κ3) is 5.43. The topological polar surface area (TPSA) is 91.4 Å². The largest absolute Gasteiger partial charge is 0.379 e. The fourth-order valence-electron chi connectivity index (χ4n) is 2.89. The van der Waals surface area contributed by atoms with Gasteiger partial charge in [-0.25, -0.2) is 8.42 Å². The first-order chi connectivity index (χ1) is 14.4. The van der Waals surface area contributed by atoms with Gasteiger partial charge in [0.2, 0.25) is 15.9 Å². The lowest BCUT2D eigenvalue weighted by Crippen LogP contribution is -2.35. The van der Waals surface area contributed by atoms with E-state index < -0.39 is 15.9 Å². The smallest absolute Gasteiger partial charge is 0.244 e. The molecule has 0 saturated carbocycles. The Morgan fingerprint density at radius 1 is 1.00 bits per heavy atom. The molecule has 0 saturated heterocycles. The molecule has 1 atom stereocenters. The minimum absolute atomic E-state index is 0.0447. The van der Waals surface area contributed by atoms with Crippen molar-refractivity contribution in [2.75, 3.05) is 24.2 Å². The molecule has 0 aliphatic rings. The molecule has 2 aromatic carbocycles. The average molecular weight is 425 g/mol. The highest BCUT2D eigenvalue weighted by molar-refractivity contribution is 7.89. The second-order valence-electron chi connectivity index (χ2n) is 6.85. The number of amides is 1. The van der Waals surface area contributed by atoms with Gasteiger partial charge in [0.1, 0.15) is 4.90 Å². The zero-order valence-corrected chi connectivity index (χ0v) is 17.6. The molecule has 2 N–H and O–H groups in total. The van der Waals surface area contributed by atoms with Crippen LogP contribution >= 0.6 is 0 Å². The van der Waals surface area contributed by atoms with Crippen molar-refractivity contribution in [2.24, 2.45) is 0 Å². The molecule has 0 spiro atoms. The Morgan fingerprint density at radius 2 is 1.67 bits per heavy atom. The lowest BCUT2D eigenvalue weighted by atomic mass is 10.1. The summed E-state index contributed by atoms with van der Waals surface area (Å²) in [4.78, 5) is 16.2. The van der Waals surface area contributed by atoms with E-state index in [1.165, 1.54) is 37.1 Å². The molecule has 0 fully saturated rings. The van der Waals surface area contributed by atoms with Gasteiger partial charge >= 0.3 is 0 Å². The predicted molar refractivity (Wildman–Crippen MR) is 118 cm³/mol. The number of pyridine rings is 1. The van der Waals surface area contributed by atoms with E-state index in [9.17, 15) is 13.2 Å². The molecule has 0 bridgehead atoms. The van der Waals surface area contributed by atoms with Crippen LogP contribution in [0.4, 0.5) is 11.4 Å². The van der Waals surface area contributed by atoms with Crippen molar-refractivity contribution in [3.05, 3.63) is 84.7 Å². The Hall–Kier alpha value is -3.23. The maximum Gasteiger partial charge on any atom is 0.244 e. The number of nitrogens with one attached hydrogen (secondary N) is 2. The highest BCUT2D eigenvalue weighted by atomic mass is 32.2. The number of rotatable bonds is 8. The molecule has 1 amide bonds. The molecule has 8 heteroatoms. The number of carbonyl (C=O) groups is 1. The standard InChI is InChI=1S/C22H24N4O3S/c1-17(18-7-4-3-5-8-18)24-19-10-12-20(13-11-19)25-22(27)16-26(2)30(28,29)21-9-6-14-23-15-21/h3-15,17,24H,16H2,1-2H3,(H,25,27). The molecule has 1 heterocycles. The molecule has 0 aliphatic heterocycles. The van der Waals surface area contributed by atoms with E-state index in [0.717, 1.165) is 9.99 Å². The number of hydrogen-bond donors (Lipinski definition) is 2. The monoisotopic (exact) mass is 424 g/mol. The third-order valence-electron chi connectivity index (χ3n) is 4.56. The minimum atomic E-state index is -3.77. The molecule has 30 heavy (non-hydrogen) atoms. The van der Waals surface area contributed by atoms with Gasteiger partial charge in [-0.3, -0.25) is 9.78 Å². The Balaban J connectivity index is 1.57. The number of nitrogens with zero attached hydrogens (tertiary/aromatic N) is 2. The molecule has 3 aromatic rings. The molecular weight excluding hydrogens is 400 g/mol. The molecule has 1 unspecified atom stereocenters. The summed E-state index contributed by atoms with van der Waals surface area (Å²) >= 11 is 0. The Morgan fingerprint density at radius 3 is 2.30 bits per heavy atom. The van der Waals surface area contributed by atoms with E-state index in [4.69, 9.17) is 0 Å². The van der Waals surface area contributed by atoms with E-state index in [1.54, 1.807) is 12.1 Å². The van der Waals surface area contributed by atoms with Crippen LogP contribution < -0.4 is 10.6 Å². The first-order valence-corrected chi connectivity index (χ1v) is 10.9. The van der Waals surface area contributed by atoms with Gasteiger partial charge in [-0.15, -0.1) is 0 Å². The van der Waals surface area contributed by atoms with Crippen molar-refractivity contribution in [3.8, 4) is 0 Å². The number of likely N-dealkylation sites (N-methyl/N-ethyl adjacent to an activating group) is 1. The van der Waals surface area contributed by atoms with Gasteiger partial charge in [-0.1, -0.05) is 30.3 Å². The zero-order chi connectivity index (χ0) is 21.6. The van der Waals surface area contributed by atoms with Crippen LogP contribution in [0, 0.1) is 0 Å². The number of sulfonamides is 1. The van der Waals surface area contributed by atoms with Gasteiger partial charge in [0.25, 0.3) is 0 Å². The molecule has 0 radical (unpaired) electrons. The first-order valence-electron chi connectivity index (χ1n) is 9.44. The summed E-state index contributed by atoms with van der Waals surface area (Å²) in [6.07, 6.45) is 2.75. The average Bonchev–Trinajstić information content (AvgIpc) is 2.76. The van der Waals surface area contributed by atoms with Gasteiger partial charge in [-0.05, 0) is 48.9 Å². The number of hydrogen-bond acceptors (Lipinski definition) is 5. The van der Waals surface area contributed by atoms with Gasteiger partial charge in [0, 0.05) is 36.9 Å². The third-order valence-corrected chi connectivity index (χ3v) is 6.35. The van der Waals surface area contributed by atoms with Gasteiger partial charge < -0.3 is 10.6 Å². The van der Waals surface area contributed by atoms with Crippen molar-refractivity contribution in [1.29, 1.82) is 0 Å². The summed E-state index contributed by atoms with van der Waals surface area (Å²) in [6, 6.07) is 20.5. The van der Waals surface area contributed by atoms with E-state index in [1.807, 2.05) is 30.3 Å². The quantitative estimate of drug-likeness (QED) is 0.577. The first kappa shape index (κ1) is 21.5. The van der Waals surface area contributed by atoms with Crippen LogP contribution in [0.5, 0.6) is 0 Å². The number of benzene rings is 2. The summed E-state index contributed by atoms with van der Waals surface area (Å²) in [5.41, 5.74) is 2.68. The van der Waals surface area contributed by atoms with Crippen LogP contribution in [0.25, 0.3) is 0 Å². The van der Waals surface area contributed by atoms with Crippen molar-refractivity contribution in [3.63, 3.8) is 0 Å². The summed E-state index contributed by atoms with van der Waals surface area (Å²) in [5, 5.41) is 6.12. The second kappa shape index (κ2) is 9.51. The molecule has 7 nitrogen and oxygen atoms in total. The van der Waals surface area contributed by atoms with Gasteiger partial charge in [0.15, 0.2) is 0 Å². The maximum atomic E-state index is 12.5. The summed E-state index contributed by atoms with van der Waals surface area (Å²) < 4.78 is 26.0. The number of aromatic nitrogens is 1. The zero-order valence-electron chi connectivity index (χ0n) is 16.8. The SMILES string of the molecule is CC(Nc1ccc(NC(=O)CN(C)S(=O)(=O)c2cccnc2)cc1)c1ccccc1. The summed E-state index contributed by atoms with van der Waals surface area (Å²) in [5.74, 6) is -0.427. The van der Waals surface area contributed by atoms with Crippen LogP contribution in [-0.2, 0) is 14.8 Å². The van der Waals surface area contributed by atoms with E-state index >= 15 is 0 Å². The summed E-state index contributed by atoms with van der Waals surface area (Å²) in [6.45, 7) is 1.77. The lowest BCUT2D eigenvalue weighted by Gasteiger charge is -2.17. The molecular formula is C22H24N4O3S. The highest BCUT2D eigenvalue weighted by Crippen LogP contribution is 2.21. The lowest BCUT2D eigenvalue weighted by molar-refractivity contribution is -0.116. The predicted octanol–water partition coefficient (Wildman–Crippen LogP) is 3.51. The van der Waals surface area contributed by atoms with Crippen molar-refractivity contribution in [2.45, 2.75) is 17.9 Å². The van der Waals surface area contributed by atoms with Crippen LogP contribution in [0.3, 0.4) is 0 Å². The van der Waals surface area contributed by atoms with Crippen molar-refractivity contribution >= 4 is 27.3 Å². The minimum Gasteiger partial charge on any atom is -0.379 e. The number of anilines is 2. The Labute approximate surface area is 176 Å². The fraction of sp³-hybridized carbons (Fsp3) is 0.182. The van der Waals surface area contributed by atoms with Crippen LogP contribution in [0.1, 0.15) is 18.5 Å². The number of carbonyl (C=O) groups excluding carboxylic acids is 1. The maximum absolute atomic E-state index is 12.5. The van der Waals surface area contributed by atoms with Crippen molar-refractivity contribution < 1.29 is 13.2 Å². The molecule has 0 aliphatic carbocycles. The highest BCUT2D eigenvalue weighted by Gasteiger charge is 2.23. The van der Waals surface area contributed by atoms with Crippen molar-refractivity contribution in [1.82, 2.24) is 9.29 Å². The Kier molecular flexibility index (Phi) is 6.81. The molecule has 156 valence electrons. The second-order valence-corrected chi connectivity index (χ2v) is 8.90. The fourth-order valence-corrected chi connectivity index (χ4v) is 3.98. The Bertz CT molecular complexity index is 1070. The van der Waals surface area contributed by atoms with Gasteiger partial charge in [-0.2, -0.15) is 4.31 Å².